The van der Waals surface area contributed by atoms with Crippen LogP contribution in [0.3, 0.4) is 0 Å². The minimum Gasteiger partial charge on any atom is -0.231 e. The molecular formula is C47H30N2. The molecule has 2 aromatic heterocycles. The van der Waals surface area contributed by atoms with Crippen molar-refractivity contribution in [1.29, 1.82) is 0 Å². The van der Waals surface area contributed by atoms with Gasteiger partial charge in [0.05, 0.1) is 11.2 Å². The average molecular weight is 623 g/mol. The van der Waals surface area contributed by atoms with Gasteiger partial charge in [-0.1, -0.05) is 158 Å². The number of hydrogen-bond donors (Lipinski definition) is 0. The zero-order chi connectivity index (χ0) is 32.3. The minimum absolute atomic E-state index is 0.985. The van der Waals surface area contributed by atoms with Gasteiger partial charge in [-0.3, -0.25) is 0 Å². The minimum atomic E-state index is 0.985. The summed E-state index contributed by atoms with van der Waals surface area (Å²) < 4.78 is 2.23. The summed E-state index contributed by atoms with van der Waals surface area (Å²) in [6.45, 7) is 0. The van der Waals surface area contributed by atoms with Crippen molar-refractivity contribution in [2.75, 3.05) is 0 Å². The van der Waals surface area contributed by atoms with E-state index in [1.165, 1.54) is 54.2 Å². The molecule has 228 valence electrons. The van der Waals surface area contributed by atoms with Crippen molar-refractivity contribution >= 4 is 48.6 Å². The van der Waals surface area contributed by atoms with Crippen LogP contribution in [0.4, 0.5) is 0 Å². The first-order valence-corrected chi connectivity index (χ1v) is 16.8. The summed E-state index contributed by atoms with van der Waals surface area (Å²) in [4.78, 5) is 0. The van der Waals surface area contributed by atoms with E-state index in [1.54, 1.807) is 0 Å². The molecule has 49 heavy (non-hydrogen) atoms. The molecule has 0 unspecified atom stereocenters. The van der Waals surface area contributed by atoms with Crippen molar-refractivity contribution in [2.24, 2.45) is 0 Å². The van der Waals surface area contributed by atoms with E-state index in [0.29, 0.717) is 0 Å². The fraction of sp³-hybridized carbons (Fsp3) is 0. The monoisotopic (exact) mass is 622 g/mol. The van der Waals surface area contributed by atoms with Crippen LogP contribution >= 0.6 is 0 Å². The van der Waals surface area contributed by atoms with Gasteiger partial charge in [0, 0.05) is 22.1 Å². The van der Waals surface area contributed by atoms with Crippen molar-refractivity contribution in [3.05, 3.63) is 182 Å². The van der Waals surface area contributed by atoms with Crippen LogP contribution in [0.5, 0.6) is 0 Å². The Balaban J connectivity index is 1.42. The summed E-state index contributed by atoms with van der Waals surface area (Å²) in [7, 11) is 0. The first-order chi connectivity index (χ1) is 24.3. The largest absolute Gasteiger partial charge is 0.231 e. The van der Waals surface area contributed by atoms with Crippen molar-refractivity contribution in [2.45, 2.75) is 0 Å². The van der Waals surface area contributed by atoms with Gasteiger partial charge in [-0.25, -0.2) is 4.52 Å². The average Bonchev–Trinajstić information content (AvgIpc) is 3.57. The lowest BCUT2D eigenvalue weighted by molar-refractivity contribution is 0.981. The fourth-order valence-electron chi connectivity index (χ4n) is 7.71. The molecule has 10 aromatic rings. The van der Waals surface area contributed by atoms with E-state index >= 15 is 0 Å². The van der Waals surface area contributed by atoms with Crippen LogP contribution in [0.2, 0.25) is 0 Å². The van der Waals surface area contributed by atoms with Gasteiger partial charge in [-0.2, -0.15) is 5.10 Å². The number of nitrogens with zero attached hydrogens (tertiary/aromatic N) is 2. The SMILES string of the molecule is c1ccc(-c2cc3ccccc3cc2-c2cc3ccccc3c3c(-c4ccccc4)c(-c4c5ccccc5cc5ccccc45)nn23)cc1. The maximum Gasteiger partial charge on any atom is 0.102 e. The van der Waals surface area contributed by atoms with Crippen LogP contribution in [-0.4, -0.2) is 9.61 Å². The second kappa shape index (κ2) is 11.0. The fourth-order valence-corrected chi connectivity index (χ4v) is 7.71. The molecule has 8 aromatic carbocycles. The number of benzene rings is 8. The van der Waals surface area contributed by atoms with Gasteiger partial charge >= 0.3 is 0 Å². The molecule has 0 aliphatic heterocycles. The molecule has 0 amide bonds. The lowest BCUT2D eigenvalue weighted by Crippen LogP contribution is -1.98. The summed E-state index contributed by atoms with van der Waals surface area (Å²) >= 11 is 0. The Morgan fingerprint density at radius 1 is 0.347 bits per heavy atom. The summed E-state index contributed by atoms with van der Waals surface area (Å²) in [6, 6.07) is 65.7. The van der Waals surface area contributed by atoms with Crippen LogP contribution < -0.4 is 0 Å². The smallest absolute Gasteiger partial charge is 0.102 e. The van der Waals surface area contributed by atoms with Crippen LogP contribution in [0.15, 0.2) is 182 Å². The Kier molecular flexibility index (Phi) is 6.22. The normalized spacial score (nSPS) is 11.7. The molecule has 0 saturated carbocycles. The van der Waals surface area contributed by atoms with E-state index in [-0.39, 0.29) is 0 Å². The number of aromatic nitrogens is 2. The second-order valence-corrected chi connectivity index (χ2v) is 12.8. The van der Waals surface area contributed by atoms with E-state index < -0.39 is 0 Å². The van der Waals surface area contributed by atoms with Gasteiger partial charge in [-0.15, -0.1) is 0 Å². The first-order valence-electron chi connectivity index (χ1n) is 16.8. The van der Waals surface area contributed by atoms with Gasteiger partial charge in [-0.05, 0) is 78.7 Å². The van der Waals surface area contributed by atoms with Crippen LogP contribution in [0.1, 0.15) is 0 Å². The molecule has 2 heteroatoms. The predicted molar refractivity (Wildman–Crippen MR) is 207 cm³/mol. The third-order valence-electron chi connectivity index (χ3n) is 9.94. The highest BCUT2D eigenvalue weighted by Crippen LogP contribution is 2.46. The molecule has 0 spiro atoms. The Morgan fingerprint density at radius 3 is 1.43 bits per heavy atom. The summed E-state index contributed by atoms with van der Waals surface area (Å²) in [5.74, 6) is 0. The van der Waals surface area contributed by atoms with Gasteiger partial charge < -0.3 is 0 Å². The van der Waals surface area contributed by atoms with E-state index in [4.69, 9.17) is 5.10 Å². The molecule has 2 heterocycles. The van der Waals surface area contributed by atoms with Crippen molar-refractivity contribution in [3.8, 4) is 44.8 Å². The molecule has 0 atom stereocenters. The topological polar surface area (TPSA) is 17.3 Å². The van der Waals surface area contributed by atoms with Crippen LogP contribution in [0, 0.1) is 0 Å². The Labute approximate surface area is 284 Å². The lowest BCUT2D eigenvalue weighted by atomic mass is 9.90. The summed E-state index contributed by atoms with van der Waals surface area (Å²) in [6.07, 6.45) is 0. The second-order valence-electron chi connectivity index (χ2n) is 12.8. The first kappa shape index (κ1) is 27.6. The van der Waals surface area contributed by atoms with E-state index in [9.17, 15) is 0 Å². The lowest BCUT2D eigenvalue weighted by Gasteiger charge is -2.16. The van der Waals surface area contributed by atoms with Crippen LogP contribution in [-0.2, 0) is 0 Å². The number of fused-ring (bicyclic) bond motifs is 6. The van der Waals surface area contributed by atoms with E-state index in [2.05, 4.69) is 187 Å². The summed E-state index contributed by atoms with van der Waals surface area (Å²) in [5.41, 5.74) is 10.1. The molecule has 10 rings (SSSR count). The molecule has 0 bridgehead atoms. The van der Waals surface area contributed by atoms with Crippen molar-refractivity contribution < 1.29 is 0 Å². The highest BCUT2D eigenvalue weighted by Gasteiger charge is 2.25. The van der Waals surface area contributed by atoms with Gasteiger partial charge in [0.2, 0.25) is 0 Å². The molecule has 0 N–H and O–H groups in total. The molecule has 2 nitrogen and oxygen atoms in total. The quantitative estimate of drug-likeness (QED) is 0.179. The molecular weight excluding hydrogens is 593 g/mol. The van der Waals surface area contributed by atoms with Crippen molar-refractivity contribution in [3.63, 3.8) is 0 Å². The van der Waals surface area contributed by atoms with Gasteiger partial charge in [0.15, 0.2) is 0 Å². The highest BCUT2D eigenvalue weighted by atomic mass is 15.2. The van der Waals surface area contributed by atoms with Crippen LogP contribution in [0.25, 0.3) is 93.4 Å². The Morgan fingerprint density at radius 2 is 0.816 bits per heavy atom. The third kappa shape index (κ3) is 4.38. The molecule has 0 aliphatic rings. The maximum absolute atomic E-state index is 5.72. The summed E-state index contributed by atoms with van der Waals surface area (Å²) in [5, 5.41) is 15.3. The van der Waals surface area contributed by atoms with E-state index in [1.807, 2.05) is 0 Å². The Bertz CT molecular complexity index is 2810. The zero-order valence-corrected chi connectivity index (χ0v) is 26.7. The molecule has 0 fully saturated rings. The maximum atomic E-state index is 5.72. The highest BCUT2D eigenvalue weighted by molar-refractivity contribution is 6.17. The number of hydrogen-bond acceptors (Lipinski definition) is 1. The number of rotatable bonds is 4. The molecule has 0 saturated heterocycles. The Hall–Kier alpha value is -6.51. The molecule has 0 radical (unpaired) electrons. The standard InChI is InChI=1S/C47H30N2/c1-3-15-31(16-4-1)41-28-33-19-7-8-20-34(33)29-42(41)43-30-37-23-11-14-26-40(37)47-44(32-17-5-2-6-18-32)46(48-49(43)47)45-38-24-12-9-21-35(38)27-36-22-10-13-25-39(36)45/h1-30H. The zero-order valence-electron chi connectivity index (χ0n) is 26.7. The molecule has 0 aliphatic carbocycles. The van der Waals surface area contributed by atoms with E-state index in [0.717, 1.165) is 39.2 Å². The third-order valence-corrected chi connectivity index (χ3v) is 9.94. The predicted octanol–water partition coefficient (Wildman–Crippen LogP) is 12.6. The van der Waals surface area contributed by atoms with Gasteiger partial charge in [0.25, 0.3) is 0 Å². The van der Waals surface area contributed by atoms with Gasteiger partial charge in [0.1, 0.15) is 5.69 Å². The number of pyridine rings is 1. The van der Waals surface area contributed by atoms with Crippen molar-refractivity contribution in [1.82, 2.24) is 9.61 Å².